The molecule has 0 saturated heterocycles. The van der Waals surface area contributed by atoms with Crippen LogP contribution in [-0.4, -0.2) is 23.5 Å². The van der Waals surface area contributed by atoms with Gasteiger partial charge in [0.05, 0.1) is 5.92 Å². The Morgan fingerprint density at radius 2 is 1.82 bits per heavy atom. The van der Waals surface area contributed by atoms with Gasteiger partial charge in [-0.25, -0.2) is 0 Å². The highest BCUT2D eigenvalue weighted by Gasteiger charge is 2.22. The lowest BCUT2D eigenvalue weighted by Crippen LogP contribution is -2.35. The van der Waals surface area contributed by atoms with E-state index < -0.39 is 11.9 Å². The molecule has 0 radical (unpaired) electrons. The van der Waals surface area contributed by atoms with Gasteiger partial charge in [0.25, 0.3) is 0 Å². The van der Waals surface area contributed by atoms with Crippen molar-refractivity contribution in [2.45, 2.75) is 46.0 Å². The molecular formula is C13H23NO3. The topological polar surface area (TPSA) is 66.4 Å². The summed E-state index contributed by atoms with van der Waals surface area (Å²) in [6.07, 6.45) is 5.99. The lowest BCUT2D eigenvalue weighted by atomic mass is 9.94. The van der Waals surface area contributed by atoms with Crippen molar-refractivity contribution in [3.63, 3.8) is 0 Å². The van der Waals surface area contributed by atoms with Crippen LogP contribution in [0.2, 0.25) is 0 Å². The van der Waals surface area contributed by atoms with Crippen LogP contribution in [0.3, 0.4) is 0 Å². The van der Waals surface area contributed by atoms with Crippen molar-refractivity contribution in [2.75, 3.05) is 6.54 Å². The maximum absolute atomic E-state index is 11.8. The Balaban J connectivity index is 2.24. The molecule has 17 heavy (non-hydrogen) atoms. The van der Waals surface area contributed by atoms with Crippen LogP contribution in [0.4, 0.5) is 0 Å². The van der Waals surface area contributed by atoms with Gasteiger partial charge in [0, 0.05) is 12.5 Å². The fourth-order valence-corrected chi connectivity index (χ4v) is 2.37. The molecule has 98 valence electrons. The molecule has 2 unspecified atom stereocenters. The fourth-order valence-electron chi connectivity index (χ4n) is 2.37. The van der Waals surface area contributed by atoms with Crippen molar-refractivity contribution in [3.05, 3.63) is 0 Å². The molecular weight excluding hydrogens is 218 g/mol. The molecule has 0 aliphatic heterocycles. The summed E-state index contributed by atoms with van der Waals surface area (Å²) < 4.78 is 0. The van der Waals surface area contributed by atoms with Crippen molar-refractivity contribution in [2.24, 2.45) is 17.8 Å². The highest BCUT2D eigenvalue weighted by Crippen LogP contribution is 2.30. The second kappa shape index (κ2) is 6.62. The number of carboxylic acid groups (broad SMARTS) is 1. The molecule has 0 aromatic carbocycles. The zero-order valence-corrected chi connectivity index (χ0v) is 10.7. The molecule has 0 aromatic rings. The van der Waals surface area contributed by atoms with Gasteiger partial charge in [0.15, 0.2) is 0 Å². The first-order valence-electron chi connectivity index (χ1n) is 6.51. The maximum Gasteiger partial charge on any atom is 0.308 e. The van der Waals surface area contributed by atoms with E-state index in [4.69, 9.17) is 5.11 Å². The van der Waals surface area contributed by atoms with Crippen LogP contribution >= 0.6 is 0 Å². The van der Waals surface area contributed by atoms with Crippen molar-refractivity contribution < 1.29 is 14.7 Å². The van der Waals surface area contributed by atoms with Gasteiger partial charge in [-0.15, -0.1) is 0 Å². The minimum Gasteiger partial charge on any atom is -0.481 e. The highest BCUT2D eigenvalue weighted by molar-refractivity contribution is 5.79. The van der Waals surface area contributed by atoms with E-state index in [1.54, 1.807) is 6.92 Å². The van der Waals surface area contributed by atoms with Crippen LogP contribution in [-0.2, 0) is 9.59 Å². The Hall–Kier alpha value is -1.06. The molecule has 1 rings (SSSR count). The number of hydrogen-bond acceptors (Lipinski definition) is 2. The summed E-state index contributed by atoms with van der Waals surface area (Å²) in [5.74, 6) is -0.705. The normalized spacial score (nSPS) is 19.9. The third kappa shape index (κ3) is 4.75. The van der Waals surface area contributed by atoms with Crippen LogP contribution in [0.15, 0.2) is 0 Å². The smallest absolute Gasteiger partial charge is 0.308 e. The molecule has 1 saturated carbocycles. The number of aliphatic carboxylic acids is 1. The predicted molar refractivity (Wildman–Crippen MR) is 65.5 cm³/mol. The van der Waals surface area contributed by atoms with E-state index in [0.29, 0.717) is 5.92 Å². The van der Waals surface area contributed by atoms with Gasteiger partial charge in [0.2, 0.25) is 5.91 Å². The van der Waals surface area contributed by atoms with Crippen LogP contribution in [0.1, 0.15) is 46.0 Å². The first-order valence-corrected chi connectivity index (χ1v) is 6.51. The van der Waals surface area contributed by atoms with Gasteiger partial charge in [0.1, 0.15) is 0 Å². The molecule has 0 spiro atoms. The van der Waals surface area contributed by atoms with Gasteiger partial charge in [-0.3, -0.25) is 9.59 Å². The summed E-state index contributed by atoms with van der Waals surface area (Å²) >= 11 is 0. The number of carboxylic acids is 1. The molecule has 4 heteroatoms. The molecule has 1 fully saturated rings. The second-order valence-electron chi connectivity index (χ2n) is 5.27. The van der Waals surface area contributed by atoms with E-state index in [2.05, 4.69) is 5.32 Å². The minimum atomic E-state index is -0.867. The molecule has 1 aliphatic carbocycles. The highest BCUT2D eigenvalue weighted by atomic mass is 16.4. The predicted octanol–water partition coefficient (Wildman–Crippen LogP) is 2.04. The summed E-state index contributed by atoms with van der Waals surface area (Å²) in [4.78, 5) is 22.4. The van der Waals surface area contributed by atoms with E-state index in [1.807, 2.05) is 6.92 Å². The quantitative estimate of drug-likeness (QED) is 0.748. The van der Waals surface area contributed by atoms with Gasteiger partial charge >= 0.3 is 5.97 Å². The number of rotatable bonds is 6. The number of nitrogens with one attached hydrogen (secondary N) is 1. The van der Waals surface area contributed by atoms with Crippen LogP contribution < -0.4 is 5.32 Å². The lowest BCUT2D eigenvalue weighted by Gasteiger charge is -2.16. The summed E-state index contributed by atoms with van der Waals surface area (Å²) in [5.41, 5.74) is 0. The van der Waals surface area contributed by atoms with Gasteiger partial charge in [-0.1, -0.05) is 39.5 Å². The molecule has 1 aliphatic rings. The Morgan fingerprint density at radius 1 is 1.24 bits per heavy atom. The zero-order chi connectivity index (χ0) is 12.8. The first kappa shape index (κ1) is 14.0. The maximum atomic E-state index is 11.8. The summed E-state index contributed by atoms with van der Waals surface area (Å²) in [7, 11) is 0. The summed E-state index contributed by atoms with van der Waals surface area (Å²) in [5, 5.41) is 11.4. The Kier molecular flexibility index (Phi) is 5.45. The molecule has 2 atom stereocenters. The van der Waals surface area contributed by atoms with Crippen LogP contribution in [0.5, 0.6) is 0 Å². The zero-order valence-electron chi connectivity index (χ0n) is 10.7. The van der Waals surface area contributed by atoms with E-state index >= 15 is 0 Å². The fraction of sp³-hybridized carbons (Fsp3) is 0.846. The second-order valence-corrected chi connectivity index (χ2v) is 5.27. The average molecular weight is 241 g/mol. The Morgan fingerprint density at radius 3 is 2.35 bits per heavy atom. The van der Waals surface area contributed by atoms with Crippen molar-refractivity contribution in [3.8, 4) is 0 Å². The third-order valence-electron chi connectivity index (χ3n) is 3.61. The Bertz CT molecular complexity index is 272. The van der Waals surface area contributed by atoms with E-state index in [-0.39, 0.29) is 18.4 Å². The van der Waals surface area contributed by atoms with Gasteiger partial charge < -0.3 is 10.4 Å². The summed E-state index contributed by atoms with van der Waals surface area (Å²) in [6, 6.07) is 0. The van der Waals surface area contributed by atoms with Crippen LogP contribution in [0, 0.1) is 17.8 Å². The van der Waals surface area contributed by atoms with E-state index in [0.717, 1.165) is 6.42 Å². The standard InChI is InChI=1S/C13H23NO3/c1-9(7-11-5-3-4-6-11)12(15)14-8-10(2)13(16)17/h9-11H,3-8H2,1-2H3,(H,14,15)(H,16,17). The first-order chi connectivity index (χ1) is 8.00. The lowest BCUT2D eigenvalue weighted by molar-refractivity contribution is -0.141. The number of carbonyl (C=O) groups is 2. The molecule has 1 amide bonds. The van der Waals surface area contributed by atoms with Crippen molar-refractivity contribution in [1.29, 1.82) is 0 Å². The molecule has 0 heterocycles. The van der Waals surface area contributed by atoms with Crippen molar-refractivity contribution >= 4 is 11.9 Å². The summed E-state index contributed by atoms with van der Waals surface area (Å²) in [6.45, 7) is 3.76. The van der Waals surface area contributed by atoms with E-state index in [9.17, 15) is 9.59 Å². The molecule has 4 nitrogen and oxygen atoms in total. The number of amides is 1. The molecule has 2 N–H and O–H groups in total. The molecule has 0 bridgehead atoms. The van der Waals surface area contributed by atoms with E-state index in [1.165, 1.54) is 25.7 Å². The van der Waals surface area contributed by atoms with Crippen LogP contribution in [0.25, 0.3) is 0 Å². The largest absolute Gasteiger partial charge is 0.481 e. The van der Waals surface area contributed by atoms with Gasteiger partial charge in [-0.05, 0) is 12.3 Å². The number of hydrogen-bond donors (Lipinski definition) is 2. The SMILES string of the molecule is CC(CNC(=O)C(C)CC1CCCC1)C(=O)O. The Labute approximate surface area is 103 Å². The van der Waals surface area contributed by atoms with Crippen molar-refractivity contribution in [1.82, 2.24) is 5.32 Å². The number of carbonyl (C=O) groups excluding carboxylic acids is 1. The minimum absolute atomic E-state index is 0.000838. The third-order valence-corrected chi connectivity index (χ3v) is 3.61. The monoisotopic (exact) mass is 241 g/mol. The average Bonchev–Trinajstić information content (AvgIpc) is 2.77. The molecule has 0 aromatic heterocycles. The van der Waals surface area contributed by atoms with Gasteiger partial charge in [-0.2, -0.15) is 0 Å².